The van der Waals surface area contributed by atoms with Gasteiger partial charge < -0.3 is 9.84 Å². The number of aliphatic hydroxyl groups is 1. The first-order valence-electron chi connectivity index (χ1n) is 8.94. The molecule has 0 saturated heterocycles. The predicted octanol–water partition coefficient (Wildman–Crippen LogP) is 5.54. The van der Waals surface area contributed by atoms with E-state index in [1.807, 2.05) is 30.3 Å². The first-order valence-corrected chi connectivity index (χ1v) is 8.94. The quantitative estimate of drug-likeness (QED) is 0.446. The van der Waals surface area contributed by atoms with Crippen LogP contribution in [0.15, 0.2) is 48.7 Å². The Morgan fingerprint density at radius 2 is 1.92 bits per heavy atom. The normalized spacial score (nSPS) is 29.1. The van der Waals surface area contributed by atoms with Gasteiger partial charge in [-0.1, -0.05) is 57.7 Å². The Kier molecular flexibility index (Phi) is 5.76. The molecule has 2 aliphatic rings. The van der Waals surface area contributed by atoms with Crippen LogP contribution in [-0.2, 0) is 9.53 Å². The standard InChI is InChI=1S/C14H22O2.C8H8O/c1-9(2)12(15)16-11-8-10-6-7-14(11,5)13(10,3)4;9-7-6-8-4-2-1-3-5-8/h10-11H,1,6-8H2,2-5H3;1-7,9H. The second kappa shape index (κ2) is 7.47. The molecular weight excluding hydrogens is 312 g/mol. The minimum absolute atomic E-state index is 0.0884. The SMILES string of the molecule is C=C(C)C(=O)OC1CC2CCC1(C)C2(C)C.OC=Cc1ccccc1. The highest BCUT2D eigenvalue weighted by Gasteiger charge is 2.62. The second-order valence-corrected chi connectivity index (χ2v) is 8.01. The molecule has 0 amide bonds. The number of benzene rings is 1. The summed E-state index contributed by atoms with van der Waals surface area (Å²) in [4.78, 5) is 11.6. The van der Waals surface area contributed by atoms with Gasteiger partial charge in [-0.25, -0.2) is 4.79 Å². The van der Waals surface area contributed by atoms with E-state index in [1.54, 1.807) is 13.0 Å². The van der Waals surface area contributed by atoms with E-state index in [-0.39, 0.29) is 17.5 Å². The molecule has 2 bridgehead atoms. The summed E-state index contributed by atoms with van der Waals surface area (Å²) in [6.45, 7) is 12.3. The van der Waals surface area contributed by atoms with Crippen LogP contribution in [0.25, 0.3) is 6.08 Å². The van der Waals surface area contributed by atoms with Crippen molar-refractivity contribution in [1.29, 1.82) is 0 Å². The smallest absolute Gasteiger partial charge is 0.333 e. The van der Waals surface area contributed by atoms with Crippen molar-refractivity contribution in [3.8, 4) is 0 Å². The van der Waals surface area contributed by atoms with Crippen LogP contribution in [0, 0.1) is 16.7 Å². The topological polar surface area (TPSA) is 46.5 Å². The molecule has 2 aliphatic carbocycles. The van der Waals surface area contributed by atoms with Crippen LogP contribution in [0.5, 0.6) is 0 Å². The van der Waals surface area contributed by atoms with Gasteiger partial charge in [0.2, 0.25) is 0 Å². The summed E-state index contributed by atoms with van der Waals surface area (Å²) >= 11 is 0. The van der Waals surface area contributed by atoms with Gasteiger partial charge in [-0.3, -0.25) is 0 Å². The van der Waals surface area contributed by atoms with Crippen LogP contribution in [0.4, 0.5) is 0 Å². The molecule has 0 aromatic heterocycles. The molecule has 3 unspecified atom stereocenters. The van der Waals surface area contributed by atoms with Gasteiger partial charge in [-0.2, -0.15) is 0 Å². The molecule has 25 heavy (non-hydrogen) atoms. The molecular formula is C22H30O3. The van der Waals surface area contributed by atoms with Gasteiger partial charge in [0.25, 0.3) is 0 Å². The van der Waals surface area contributed by atoms with E-state index >= 15 is 0 Å². The van der Waals surface area contributed by atoms with Crippen molar-refractivity contribution in [3.05, 3.63) is 54.3 Å². The number of carbonyl (C=O) groups excluding carboxylic acids is 1. The van der Waals surface area contributed by atoms with E-state index in [9.17, 15) is 4.79 Å². The summed E-state index contributed by atoms with van der Waals surface area (Å²) in [6.07, 6.45) is 6.26. The molecule has 136 valence electrons. The summed E-state index contributed by atoms with van der Waals surface area (Å²) < 4.78 is 5.61. The van der Waals surface area contributed by atoms with Gasteiger partial charge in [0.1, 0.15) is 6.10 Å². The van der Waals surface area contributed by atoms with Gasteiger partial charge in [0.05, 0.1) is 6.26 Å². The van der Waals surface area contributed by atoms with Gasteiger partial charge in [-0.05, 0) is 49.2 Å². The molecule has 3 rings (SSSR count). The molecule has 0 heterocycles. The van der Waals surface area contributed by atoms with Crippen molar-refractivity contribution in [2.45, 2.75) is 53.1 Å². The Bertz CT molecular complexity index is 644. The highest BCUT2D eigenvalue weighted by atomic mass is 16.5. The number of esters is 1. The van der Waals surface area contributed by atoms with Gasteiger partial charge in [0, 0.05) is 11.0 Å². The molecule has 1 aromatic rings. The molecule has 2 saturated carbocycles. The highest BCUT2D eigenvalue weighted by Crippen LogP contribution is 2.66. The molecule has 3 heteroatoms. The zero-order valence-electron chi connectivity index (χ0n) is 15.8. The minimum atomic E-state index is -0.227. The molecule has 3 nitrogen and oxygen atoms in total. The monoisotopic (exact) mass is 342 g/mol. The zero-order valence-corrected chi connectivity index (χ0v) is 15.8. The Morgan fingerprint density at radius 3 is 2.36 bits per heavy atom. The van der Waals surface area contributed by atoms with Gasteiger partial charge >= 0.3 is 5.97 Å². The minimum Gasteiger partial charge on any atom is -0.516 e. The largest absolute Gasteiger partial charge is 0.516 e. The number of carbonyl (C=O) groups is 1. The first-order chi connectivity index (χ1) is 11.7. The molecule has 0 aliphatic heterocycles. The van der Waals surface area contributed by atoms with Crippen molar-refractivity contribution in [3.63, 3.8) is 0 Å². The Labute approximate surface area is 151 Å². The molecule has 0 radical (unpaired) electrons. The van der Waals surface area contributed by atoms with Crippen LogP contribution < -0.4 is 0 Å². The van der Waals surface area contributed by atoms with Crippen LogP contribution in [-0.4, -0.2) is 17.2 Å². The zero-order chi connectivity index (χ0) is 18.7. The summed E-state index contributed by atoms with van der Waals surface area (Å²) in [5, 5.41) is 8.34. The number of rotatable bonds is 3. The van der Waals surface area contributed by atoms with Gasteiger partial charge in [-0.15, -0.1) is 0 Å². The number of hydrogen-bond acceptors (Lipinski definition) is 3. The average molecular weight is 342 g/mol. The lowest BCUT2D eigenvalue weighted by Gasteiger charge is -2.38. The van der Waals surface area contributed by atoms with E-state index in [4.69, 9.17) is 9.84 Å². The molecule has 1 N–H and O–H groups in total. The van der Waals surface area contributed by atoms with Crippen LogP contribution in [0.1, 0.15) is 52.5 Å². The Balaban J connectivity index is 0.000000212. The number of fused-ring (bicyclic) bond motifs is 2. The fraction of sp³-hybridized carbons (Fsp3) is 0.500. The van der Waals surface area contributed by atoms with E-state index in [1.165, 1.54) is 12.8 Å². The molecule has 3 atom stereocenters. The maximum absolute atomic E-state index is 11.6. The average Bonchev–Trinajstić information content (AvgIpc) is 2.90. The third-order valence-corrected chi connectivity index (χ3v) is 6.38. The maximum Gasteiger partial charge on any atom is 0.333 e. The maximum atomic E-state index is 11.6. The lowest BCUT2D eigenvalue weighted by molar-refractivity contribution is -0.151. The first kappa shape index (κ1) is 19.3. The van der Waals surface area contributed by atoms with Gasteiger partial charge in [0.15, 0.2) is 0 Å². The van der Waals surface area contributed by atoms with E-state index in [2.05, 4.69) is 27.4 Å². The van der Waals surface area contributed by atoms with Crippen molar-refractivity contribution in [2.75, 3.05) is 0 Å². The highest BCUT2D eigenvalue weighted by molar-refractivity contribution is 5.87. The van der Waals surface area contributed by atoms with E-state index in [0.717, 1.165) is 18.2 Å². The predicted molar refractivity (Wildman–Crippen MR) is 102 cm³/mol. The van der Waals surface area contributed by atoms with Crippen LogP contribution >= 0.6 is 0 Å². The number of ether oxygens (including phenoxy) is 1. The van der Waals surface area contributed by atoms with Crippen molar-refractivity contribution in [2.24, 2.45) is 16.7 Å². The van der Waals surface area contributed by atoms with Crippen molar-refractivity contribution >= 4 is 12.0 Å². The third kappa shape index (κ3) is 3.81. The Hall–Kier alpha value is -2.03. The molecule has 1 aromatic carbocycles. The molecule has 0 spiro atoms. The lowest BCUT2D eigenvalue weighted by Crippen LogP contribution is -2.38. The fourth-order valence-corrected chi connectivity index (χ4v) is 4.19. The lowest BCUT2D eigenvalue weighted by atomic mass is 9.70. The van der Waals surface area contributed by atoms with Crippen LogP contribution in [0.3, 0.4) is 0 Å². The van der Waals surface area contributed by atoms with E-state index in [0.29, 0.717) is 16.9 Å². The third-order valence-electron chi connectivity index (χ3n) is 6.38. The van der Waals surface area contributed by atoms with Crippen molar-refractivity contribution in [1.82, 2.24) is 0 Å². The summed E-state index contributed by atoms with van der Waals surface area (Å²) in [7, 11) is 0. The van der Waals surface area contributed by atoms with Crippen LogP contribution in [0.2, 0.25) is 0 Å². The molecule has 2 fully saturated rings. The van der Waals surface area contributed by atoms with Crippen molar-refractivity contribution < 1.29 is 14.6 Å². The summed E-state index contributed by atoms with van der Waals surface area (Å²) in [5.41, 5.74) is 1.97. The Morgan fingerprint density at radius 1 is 1.28 bits per heavy atom. The fourth-order valence-electron chi connectivity index (χ4n) is 4.19. The summed E-state index contributed by atoms with van der Waals surface area (Å²) in [6, 6.07) is 9.64. The second-order valence-electron chi connectivity index (χ2n) is 8.01. The van der Waals surface area contributed by atoms with E-state index < -0.39 is 0 Å². The summed E-state index contributed by atoms with van der Waals surface area (Å²) in [5.74, 6) is 0.481. The number of aliphatic hydroxyl groups excluding tert-OH is 1. The number of hydrogen-bond donors (Lipinski definition) is 1.